The van der Waals surface area contributed by atoms with Crippen LogP contribution in [0.4, 0.5) is 0 Å². The molecule has 4 heteroatoms. The molecular weight excluding hydrogens is 308 g/mol. The zero-order valence-electron chi connectivity index (χ0n) is 13.2. The molecule has 0 unspecified atom stereocenters. The van der Waals surface area contributed by atoms with Gasteiger partial charge in [0.15, 0.2) is 0 Å². The summed E-state index contributed by atoms with van der Waals surface area (Å²) in [5.41, 5.74) is 5.18. The van der Waals surface area contributed by atoms with Gasteiger partial charge in [0.25, 0.3) is 5.91 Å². The first-order valence-corrected chi connectivity index (χ1v) is 8.04. The number of fused-ring (bicyclic) bond motifs is 1. The predicted molar refractivity (Wildman–Crippen MR) is 95.3 cm³/mol. The van der Waals surface area contributed by atoms with E-state index in [-0.39, 0.29) is 5.91 Å². The molecule has 0 aliphatic heterocycles. The molecule has 0 bridgehead atoms. The fourth-order valence-electron chi connectivity index (χ4n) is 2.87. The summed E-state index contributed by atoms with van der Waals surface area (Å²) in [5, 5.41) is 4.83. The summed E-state index contributed by atoms with van der Waals surface area (Å²) in [7, 11) is 0. The van der Waals surface area contributed by atoms with Gasteiger partial charge in [-0.25, -0.2) is 0 Å². The molecule has 0 fully saturated rings. The van der Waals surface area contributed by atoms with Gasteiger partial charge in [-0.3, -0.25) is 4.79 Å². The van der Waals surface area contributed by atoms with E-state index >= 15 is 0 Å². The molecule has 0 spiro atoms. The highest BCUT2D eigenvalue weighted by molar-refractivity contribution is 6.31. The molecule has 0 aliphatic carbocycles. The largest absolute Gasteiger partial charge is 0.358 e. The van der Waals surface area contributed by atoms with E-state index in [1.165, 1.54) is 5.56 Å². The molecule has 3 rings (SSSR count). The van der Waals surface area contributed by atoms with Crippen LogP contribution in [-0.2, 0) is 6.42 Å². The number of aryl methyl sites for hydroxylation is 2. The van der Waals surface area contributed by atoms with E-state index in [1.807, 2.05) is 56.3 Å². The minimum Gasteiger partial charge on any atom is -0.358 e. The second-order valence-electron chi connectivity index (χ2n) is 5.79. The van der Waals surface area contributed by atoms with Gasteiger partial charge in [-0.05, 0) is 56.2 Å². The van der Waals surface area contributed by atoms with Crippen molar-refractivity contribution in [2.75, 3.05) is 6.54 Å². The molecule has 3 aromatic rings. The lowest BCUT2D eigenvalue weighted by Gasteiger charge is -2.06. The zero-order chi connectivity index (χ0) is 16.4. The number of hydrogen-bond donors (Lipinski definition) is 2. The van der Waals surface area contributed by atoms with Crippen molar-refractivity contribution in [3.63, 3.8) is 0 Å². The van der Waals surface area contributed by atoms with E-state index in [0.29, 0.717) is 12.1 Å². The zero-order valence-corrected chi connectivity index (χ0v) is 14.0. The van der Waals surface area contributed by atoms with Crippen molar-refractivity contribution in [1.82, 2.24) is 10.3 Å². The van der Waals surface area contributed by atoms with Crippen molar-refractivity contribution in [2.45, 2.75) is 20.3 Å². The monoisotopic (exact) mass is 326 g/mol. The van der Waals surface area contributed by atoms with Crippen LogP contribution in [0.5, 0.6) is 0 Å². The quantitative estimate of drug-likeness (QED) is 0.733. The summed E-state index contributed by atoms with van der Waals surface area (Å²) in [6.45, 7) is 4.62. The van der Waals surface area contributed by atoms with Crippen molar-refractivity contribution in [3.8, 4) is 0 Å². The van der Waals surface area contributed by atoms with Crippen LogP contribution in [0.25, 0.3) is 10.9 Å². The Hall–Kier alpha value is -2.26. The van der Waals surface area contributed by atoms with Crippen molar-refractivity contribution >= 4 is 28.4 Å². The lowest BCUT2D eigenvalue weighted by molar-refractivity contribution is 0.0954. The van der Waals surface area contributed by atoms with Gasteiger partial charge >= 0.3 is 0 Å². The van der Waals surface area contributed by atoms with Gasteiger partial charge in [0.2, 0.25) is 0 Å². The van der Waals surface area contributed by atoms with Crippen LogP contribution in [0, 0.1) is 13.8 Å². The molecule has 0 atom stereocenters. The molecule has 1 amide bonds. The maximum atomic E-state index is 12.2. The highest BCUT2D eigenvalue weighted by atomic mass is 35.5. The van der Waals surface area contributed by atoms with Crippen LogP contribution in [0.15, 0.2) is 42.5 Å². The van der Waals surface area contributed by atoms with Crippen LogP contribution in [0.2, 0.25) is 5.02 Å². The summed E-state index contributed by atoms with van der Waals surface area (Å²) in [5.74, 6) is -0.0378. The van der Waals surface area contributed by atoms with E-state index in [4.69, 9.17) is 11.6 Å². The van der Waals surface area contributed by atoms with E-state index in [9.17, 15) is 4.79 Å². The highest BCUT2D eigenvalue weighted by Crippen LogP contribution is 2.25. The number of amides is 1. The average molecular weight is 327 g/mol. The van der Waals surface area contributed by atoms with Gasteiger partial charge < -0.3 is 10.3 Å². The maximum absolute atomic E-state index is 12.2. The Labute approximate surface area is 140 Å². The predicted octanol–water partition coefficient (Wildman–Crippen LogP) is 4.41. The number of hydrogen-bond acceptors (Lipinski definition) is 1. The molecular formula is C19H19ClN2O. The Kier molecular flexibility index (Phi) is 4.39. The summed E-state index contributed by atoms with van der Waals surface area (Å²) < 4.78 is 0. The molecule has 2 N–H and O–H groups in total. The van der Waals surface area contributed by atoms with E-state index < -0.39 is 0 Å². The first-order valence-electron chi connectivity index (χ1n) is 7.66. The van der Waals surface area contributed by atoms with Gasteiger partial charge in [0.05, 0.1) is 0 Å². The number of carbonyl (C=O) groups is 1. The molecule has 0 aliphatic rings. The second-order valence-corrected chi connectivity index (χ2v) is 6.23. The van der Waals surface area contributed by atoms with Crippen LogP contribution in [-0.4, -0.2) is 17.4 Å². The summed E-state index contributed by atoms with van der Waals surface area (Å²) in [6, 6.07) is 13.4. The number of H-pyrrole nitrogens is 1. The average Bonchev–Trinajstić information content (AvgIpc) is 2.83. The van der Waals surface area contributed by atoms with Crippen molar-refractivity contribution in [2.24, 2.45) is 0 Å². The third-order valence-corrected chi connectivity index (χ3v) is 4.26. The lowest BCUT2D eigenvalue weighted by atomic mass is 10.1. The van der Waals surface area contributed by atoms with Crippen molar-refractivity contribution in [1.29, 1.82) is 0 Å². The van der Waals surface area contributed by atoms with Crippen molar-refractivity contribution in [3.05, 3.63) is 69.9 Å². The molecule has 23 heavy (non-hydrogen) atoms. The molecule has 3 nitrogen and oxygen atoms in total. The lowest BCUT2D eigenvalue weighted by Crippen LogP contribution is -2.25. The fraction of sp³-hybridized carbons (Fsp3) is 0.211. The Balaban J connectivity index is 1.70. The molecule has 1 heterocycles. The topological polar surface area (TPSA) is 44.9 Å². The number of rotatable bonds is 4. The second kappa shape index (κ2) is 6.47. The van der Waals surface area contributed by atoms with Gasteiger partial charge in [-0.2, -0.15) is 0 Å². The highest BCUT2D eigenvalue weighted by Gasteiger charge is 2.10. The summed E-state index contributed by atoms with van der Waals surface area (Å²) in [4.78, 5) is 15.5. The third-order valence-electron chi connectivity index (χ3n) is 4.02. The van der Waals surface area contributed by atoms with Crippen molar-refractivity contribution < 1.29 is 4.79 Å². The van der Waals surface area contributed by atoms with Crippen LogP contribution in [0.1, 0.15) is 27.2 Å². The van der Waals surface area contributed by atoms with E-state index in [0.717, 1.165) is 33.6 Å². The standard InChI is InChI=1S/C19H19ClN2O/c1-12-4-3-5-14(10-12)19(23)21-9-8-16-13(2)22-18-7-6-15(20)11-17(16)18/h3-7,10-11,22H,8-9H2,1-2H3,(H,21,23). The fourth-order valence-corrected chi connectivity index (χ4v) is 3.04. The molecule has 0 radical (unpaired) electrons. The minimum atomic E-state index is -0.0378. The first kappa shape index (κ1) is 15.6. The number of benzene rings is 2. The Bertz CT molecular complexity index is 867. The van der Waals surface area contributed by atoms with Crippen LogP contribution in [0.3, 0.4) is 0 Å². The Morgan fingerprint density at radius 1 is 1.17 bits per heavy atom. The molecule has 118 valence electrons. The number of nitrogens with one attached hydrogen (secondary N) is 2. The van der Waals surface area contributed by atoms with Gasteiger partial charge in [0, 0.05) is 33.7 Å². The Morgan fingerprint density at radius 2 is 2.00 bits per heavy atom. The van der Waals surface area contributed by atoms with E-state index in [1.54, 1.807) is 0 Å². The summed E-state index contributed by atoms with van der Waals surface area (Å²) >= 11 is 6.10. The maximum Gasteiger partial charge on any atom is 0.251 e. The molecule has 0 saturated carbocycles. The molecule has 1 aromatic heterocycles. The van der Waals surface area contributed by atoms with Crippen LogP contribution >= 0.6 is 11.6 Å². The normalized spacial score (nSPS) is 10.9. The minimum absolute atomic E-state index is 0.0378. The number of aromatic nitrogens is 1. The van der Waals surface area contributed by atoms with Gasteiger partial charge in [-0.1, -0.05) is 29.3 Å². The van der Waals surface area contributed by atoms with Gasteiger partial charge in [0.1, 0.15) is 0 Å². The number of halogens is 1. The smallest absolute Gasteiger partial charge is 0.251 e. The third kappa shape index (κ3) is 3.40. The summed E-state index contributed by atoms with van der Waals surface area (Å²) in [6.07, 6.45) is 0.768. The first-order chi connectivity index (χ1) is 11.0. The molecule has 0 saturated heterocycles. The number of aromatic amines is 1. The SMILES string of the molecule is Cc1cccc(C(=O)NCCc2c(C)[nH]c3ccc(Cl)cc23)c1. The van der Waals surface area contributed by atoms with E-state index in [2.05, 4.69) is 10.3 Å². The van der Waals surface area contributed by atoms with Gasteiger partial charge in [-0.15, -0.1) is 0 Å². The Morgan fingerprint density at radius 3 is 2.78 bits per heavy atom. The number of carbonyl (C=O) groups excluding carboxylic acids is 1. The van der Waals surface area contributed by atoms with Crippen LogP contribution < -0.4 is 5.32 Å². The molecule has 2 aromatic carbocycles.